The number of piperidine rings is 1. The molecule has 0 unspecified atom stereocenters. The monoisotopic (exact) mass is 454 g/mol. The fraction of sp³-hybridized carbons (Fsp3) is 0.429. The zero-order valence-corrected chi connectivity index (χ0v) is 17.8. The molecule has 30 heavy (non-hydrogen) atoms. The molecule has 1 aromatic carbocycles. The summed E-state index contributed by atoms with van der Waals surface area (Å²) in [7, 11) is 0. The van der Waals surface area contributed by atoms with E-state index in [1.54, 1.807) is 6.07 Å². The van der Waals surface area contributed by atoms with E-state index in [1.807, 2.05) is 12.1 Å². The first-order valence-electron chi connectivity index (χ1n) is 9.86. The highest BCUT2D eigenvalue weighted by Gasteiger charge is 2.29. The number of nitrogens with one attached hydrogen (secondary N) is 1. The van der Waals surface area contributed by atoms with Crippen molar-refractivity contribution >= 4 is 39.0 Å². The van der Waals surface area contributed by atoms with E-state index in [1.165, 1.54) is 11.9 Å². The maximum absolute atomic E-state index is 12.7. The molecule has 1 N–H and O–H groups in total. The maximum atomic E-state index is 12.7. The van der Waals surface area contributed by atoms with Crippen molar-refractivity contribution < 1.29 is 13.2 Å². The standard InChI is InChI=1S/C21H22ClF3N4S/c22-16-3-1-15(2-4-16)12-29-7-5-14(6-8-29)11-26-19-18-9-17(10-21(23,24)25)30-20(18)28-13-27-19/h1-4,9,13-14H,5-8,10-12H2,(H,26,27,28). The lowest BCUT2D eigenvalue weighted by atomic mass is 9.96. The molecule has 0 atom stereocenters. The van der Waals surface area contributed by atoms with Gasteiger partial charge in [-0.15, -0.1) is 11.3 Å². The number of aromatic nitrogens is 2. The van der Waals surface area contributed by atoms with Crippen LogP contribution in [0.3, 0.4) is 0 Å². The molecule has 1 aliphatic heterocycles. The van der Waals surface area contributed by atoms with Crippen LogP contribution in [0.25, 0.3) is 10.2 Å². The number of halogens is 4. The molecule has 1 fully saturated rings. The highest BCUT2D eigenvalue weighted by molar-refractivity contribution is 7.18. The second kappa shape index (κ2) is 9.08. The van der Waals surface area contributed by atoms with E-state index >= 15 is 0 Å². The van der Waals surface area contributed by atoms with Gasteiger partial charge in [-0.25, -0.2) is 9.97 Å². The van der Waals surface area contributed by atoms with Crippen LogP contribution in [0, 0.1) is 5.92 Å². The Labute approximate surface area is 182 Å². The van der Waals surface area contributed by atoms with Gasteiger partial charge in [-0.2, -0.15) is 13.2 Å². The number of hydrogen-bond acceptors (Lipinski definition) is 5. The fourth-order valence-electron chi connectivity index (χ4n) is 3.77. The quantitative estimate of drug-likeness (QED) is 0.513. The van der Waals surface area contributed by atoms with Crippen LogP contribution in [-0.2, 0) is 13.0 Å². The van der Waals surface area contributed by atoms with Gasteiger partial charge < -0.3 is 5.32 Å². The first-order chi connectivity index (χ1) is 14.4. The van der Waals surface area contributed by atoms with E-state index in [2.05, 4.69) is 32.3 Å². The molecule has 0 aliphatic carbocycles. The topological polar surface area (TPSA) is 41.0 Å². The second-order valence-electron chi connectivity index (χ2n) is 7.67. The normalized spacial score (nSPS) is 16.3. The summed E-state index contributed by atoms with van der Waals surface area (Å²) in [5, 5.41) is 4.76. The predicted octanol–water partition coefficient (Wildman–Crippen LogP) is 5.77. The smallest absolute Gasteiger partial charge is 0.369 e. The van der Waals surface area contributed by atoms with Crippen LogP contribution in [0.15, 0.2) is 36.7 Å². The number of alkyl halides is 3. The van der Waals surface area contributed by atoms with Gasteiger partial charge in [-0.3, -0.25) is 4.90 Å². The maximum Gasteiger partial charge on any atom is 0.393 e. The summed E-state index contributed by atoms with van der Waals surface area (Å²) in [6.45, 7) is 3.71. The number of likely N-dealkylation sites (tertiary alicyclic amines) is 1. The summed E-state index contributed by atoms with van der Waals surface area (Å²) in [5.41, 5.74) is 1.26. The van der Waals surface area contributed by atoms with Gasteiger partial charge in [0, 0.05) is 23.0 Å². The lowest BCUT2D eigenvalue weighted by Gasteiger charge is -2.32. The van der Waals surface area contributed by atoms with Crippen molar-refractivity contribution in [2.75, 3.05) is 25.0 Å². The molecule has 0 bridgehead atoms. The van der Waals surface area contributed by atoms with Crippen molar-refractivity contribution in [2.24, 2.45) is 5.92 Å². The molecule has 0 amide bonds. The van der Waals surface area contributed by atoms with Crippen LogP contribution in [0.1, 0.15) is 23.3 Å². The minimum absolute atomic E-state index is 0.261. The summed E-state index contributed by atoms with van der Waals surface area (Å²) in [4.78, 5) is 11.7. The Morgan fingerprint density at radius 3 is 2.57 bits per heavy atom. The molecular formula is C21H22ClF3N4S. The van der Waals surface area contributed by atoms with Crippen molar-refractivity contribution in [3.05, 3.63) is 52.1 Å². The Morgan fingerprint density at radius 1 is 1.13 bits per heavy atom. The summed E-state index contributed by atoms with van der Waals surface area (Å²) < 4.78 is 38.1. The molecule has 1 aliphatic rings. The highest BCUT2D eigenvalue weighted by Crippen LogP contribution is 2.32. The molecular weight excluding hydrogens is 433 g/mol. The fourth-order valence-corrected chi connectivity index (χ4v) is 4.92. The Bertz CT molecular complexity index is 982. The van der Waals surface area contributed by atoms with Gasteiger partial charge in [0.25, 0.3) is 0 Å². The SMILES string of the molecule is FC(F)(F)Cc1cc2c(NCC3CCN(Cc4ccc(Cl)cc4)CC3)ncnc2s1. The molecule has 4 rings (SSSR count). The number of benzene rings is 1. The Balaban J connectivity index is 1.31. The summed E-state index contributed by atoms with van der Waals surface area (Å²) in [5.74, 6) is 1.12. The van der Waals surface area contributed by atoms with Crippen molar-refractivity contribution in [2.45, 2.75) is 32.0 Å². The molecule has 4 nitrogen and oxygen atoms in total. The third kappa shape index (κ3) is 5.62. The van der Waals surface area contributed by atoms with Crippen LogP contribution in [0.5, 0.6) is 0 Å². The number of thiophene rings is 1. The van der Waals surface area contributed by atoms with Crippen molar-refractivity contribution in [1.29, 1.82) is 0 Å². The Morgan fingerprint density at radius 2 is 1.87 bits per heavy atom. The van der Waals surface area contributed by atoms with Gasteiger partial charge in [0.05, 0.1) is 11.8 Å². The van der Waals surface area contributed by atoms with Crippen LogP contribution < -0.4 is 5.32 Å². The van der Waals surface area contributed by atoms with Crippen molar-refractivity contribution in [1.82, 2.24) is 14.9 Å². The lowest BCUT2D eigenvalue weighted by molar-refractivity contribution is -0.126. The van der Waals surface area contributed by atoms with E-state index in [9.17, 15) is 13.2 Å². The van der Waals surface area contributed by atoms with E-state index in [0.717, 1.165) is 55.4 Å². The van der Waals surface area contributed by atoms with Crippen LogP contribution in [0.2, 0.25) is 5.02 Å². The Hall–Kier alpha value is -1.90. The number of anilines is 1. The van der Waals surface area contributed by atoms with Crippen LogP contribution in [-0.4, -0.2) is 40.7 Å². The van der Waals surface area contributed by atoms with Crippen LogP contribution >= 0.6 is 22.9 Å². The molecule has 0 radical (unpaired) electrons. The number of hydrogen-bond donors (Lipinski definition) is 1. The van der Waals surface area contributed by atoms with Gasteiger partial charge >= 0.3 is 6.18 Å². The average molecular weight is 455 g/mol. The molecule has 160 valence electrons. The van der Waals surface area contributed by atoms with Gasteiger partial charge in [0.2, 0.25) is 0 Å². The third-order valence-corrected chi connectivity index (χ3v) is 6.63. The molecule has 0 spiro atoms. The van der Waals surface area contributed by atoms with E-state index in [-0.39, 0.29) is 4.88 Å². The molecule has 2 aromatic heterocycles. The summed E-state index contributed by atoms with van der Waals surface area (Å²) >= 11 is 7.02. The second-order valence-corrected chi connectivity index (χ2v) is 9.22. The van der Waals surface area contributed by atoms with E-state index in [4.69, 9.17) is 11.6 Å². The number of fused-ring (bicyclic) bond motifs is 1. The zero-order chi connectivity index (χ0) is 21.1. The van der Waals surface area contributed by atoms with Crippen molar-refractivity contribution in [3.8, 4) is 0 Å². The predicted molar refractivity (Wildman–Crippen MR) is 115 cm³/mol. The first kappa shape index (κ1) is 21.3. The van der Waals surface area contributed by atoms with Crippen molar-refractivity contribution in [3.63, 3.8) is 0 Å². The molecule has 1 saturated heterocycles. The average Bonchev–Trinajstić information content (AvgIpc) is 3.10. The summed E-state index contributed by atoms with van der Waals surface area (Å²) in [6, 6.07) is 9.51. The van der Waals surface area contributed by atoms with E-state index < -0.39 is 12.6 Å². The van der Waals surface area contributed by atoms with Gasteiger partial charge in [0.15, 0.2) is 0 Å². The third-order valence-electron chi connectivity index (χ3n) is 5.34. The summed E-state index contributed by atoms with van der Waals surface area (Å²) in [6.07, 6.45) is -1.61. The largest absolute Gasteiger partial charge is 0.393 e. The lowest BCUT2D eigenvalue weighted by Crippen LogP contribution is -2.35. The minimum Gasteiger partial charge on any atom is -0.369 e. The van der Waals surface area contributed by atoms with Crippen LogP contribution in [0.4, 0.5) is 19.0 Å². The molecule has 0 saturated carbocycles. The van der Waals surface area contributed by atoms with Gasteiger partial charge in [0.1, 0.15) is 17.0 Å². The number of nitrogens with zero attached hydrogens (tertiary/aromatic N) is 3. The molecule has 9 heteroatoms. The molecule has 3 heterocycles. The molecule has 3 aromatic rings. The number of rotatable bonds is 6. The van der Waals surface area contributed by atoms with E-state index in [0.29, 0.717) is 22.0 Å². The van der Waals surface area contributed by atoms with Gasteiger partial charge in [-0.1, -0.05) is 23.7 Å². The minimum atomic E-state index is -4.22. The first-order valence-corrected chi connectivity index (χ1v) is 11.1. The van der Waals surface area contributed by atoms with Gasteiger partial charge in [-0.05, 0) is 55.6 Å². The highest BCUT2D eigenvalue weighted by atomic mass is 35.5. The zero-order valence-electron chi connectivity index (χ0n) is 16.3. The Kier molecular flexibility index (Phi) is 6.46.